The zero-order chi connectivity index (χ0) is 13.1. The van der Waals surface area contributed by atoms with Gasteiger partial charge in [0.1, 0.15) is 0 Å². The Morgan fingerprint density at radius 3 is 2.65 bits per heavy atom. The van der Waals surface area contributed by atoms with E-state index < -0.39 is 0 Å². The van der Waals surface area contributed by atoms with Crippen molar-refractivity contribution in [3.63, 3.8) is 0 Å². The van der Waals surface area contributed by atoms with Crippen molar-refractivity contribution < 1.29 is 4.79 Å². The molecule has 2 atom stereocenters. The fourth-order valence-corrected chi connectivity index (χ4v) is 2.21. The lowest BCUT2D eigenvalue weighted by atomic mass is 9.80. The molecule has 1 N–H and O–H groups in total. The second-order valence-corrected chi connectivity index (χ2v) is 6.52. The molecular formula is C14H28N2O. The summed E-state index contributed by atoms with van der Waals surface area (Å²) in [5.41, 5.74) is 0.222. The molecule has 17 heavy (non-hydrogen) atoms. The highest BCUT2D eigenvalue weighted by Gasteiger charge is 2.29. The number of nitrogens with zero attached hydrogens (tertiary/aromatic N) is 1. The van der Waals surface area contributed by atoms with Gasteiger partial charge in [-0.3, -0.25) is 4.79 Å². The lowest BCUT2D eigenvalue weighted by molar-refractivity contribution is -0.132. The fraction of sp³-hybridized carbons (Fsp3) is 0.929. The molecule has 3 nitrogen and oxygen atoms in total. The first-order valence-electron chi connectivity index (χ1n) is 6.77. The lowest BCUT2D eigenvalue weighted by Gasteiger charge is -2.28. The number of carbonyl (C=O) groups excluding carboxylic acids is 1. The Bertz CT molecular complexity index is 257. The van der Waals surface area contributed by atoms with E-state index in [0.29, 0.717) is 24.2 Å². The van der Waals surface area contributed by atoms with Crippen LogP contribution in [0, 0.1) is 17.3 Å². The molecule has 1 amide bonds. The second kappa shape index (κ2) is 5.85. The molecule has 0 spiro atoms. The Hall–Kier alpha value is -0.570. The molecule has 1 saturated heterocycles. The van der Waals surface area contributed by atoms with Gasteiger partial charge in [-0.1, -0.05) is 27.7 Å². The standard InChI is InChI=1S/C14H28N2O/c1-11(14(2,3)4)8-13(17)16-7-6-12(10-16)9-15-5/h11-12,15H,6-10H2,1-5H3. The van der Waals surface area contributed by atoms with Gasteiger partial charge in [-0.25, -0.2) is 0 Å². The number of nitrogens with one attached hydrogen (secondary N) is 1. The predicted octanol–water partition coefficient (Wildman–Crippen LogP) is 2.13. The summed E-state index contributed by atoms with van der Waals surface area (Å²) in [4.78, 5) is 14.2. The largest absolute Gasteiger partial charge is 0.342 e. The zero-order valence-corrected chi connectivity index (χ0v) is 12.0. The van der Waals surface area contributed by atoms with Crippen molar-refractivity contribution in [2.24, 2.45) is 17.3 Å². The minimum absolute atomic E-state index is 0.222. The third kappa shape index (κ3) is 4.30. The first-order valence-corrected chi connectivity index (χ1v) is 6.77. The quantitative estimate of drug-likeness (QED) is 0.816. The minimum atomic E-state index is 0.222. The van der Waals surface area contributed by atoms with Crippen LogP contribution in [0.25, 0.3) is 0 Å². The Morgan fingerprint density at radius 1 is 1.47 bits per heavy atom. The molecule has 0 saturated carbocycles. The molecule has 0 aromatic rings. The molecule has 0 aliphatic carbocycles. The Balaban J connectivity index is 2.39. The topological polar surface area (TPSA) is 32.3 Å². The number of likely N-dealkylation sites (tertiary alicyclic amines) is 1. The summed E-state index contributed by atoms with van der Waals surface area (Å²) in [6.45, 7) is 11.7. The van der Waals surface area contributed by atoms with Crippen molar-refractivity contribution in [2.45, 2.75) is 40.5 Å². The van der Waals surface area contributed by atoms with Crippen LogP contribution in [0.15, 0.2) is 0 Å². The van der Waals surface area contributed by atoms with Gasteiger partial charge in [0.25, 0.3) is 0 Å². The summed E-state index contributed by atoms with van der Waals surface area (Å²) in [5, 5.41) is 3.20. The molecule has 0 aromatic carbocycles. The van der Waals surface area contributed by atoms with Crippen LogP contribution in [0.3, 0.4) is 0 Å². The molecule has 1 heterocycles. The maximum Gasteiger partial charge on any atom is 0.222 e. The van der Waals surface area contributed by atoms with Crippen LogP contribution in [0.2, 0.25) is 0 Å². The van der Waals surface area contributed by atoms with E-state index in [-0.39, 0.29) is 5.41 Å². The van der Waals surface area contributed by atoms with Crippen LogP contribution >= 0.6 is 0 Å². The normalized spacial score (nSPS) is 22.9. The summed E-state index contributed by atoms with van der Waals surface area (Å²) in [6, 6.07) is 0. The van der Waals surface area contributed by atoms with Gasteiger partial charge in [0.15, 0.2) is 0 Å². The first-order chi connectivity index (χ1) is 7.84. The van der Waals surface area contributed by atoms with E-state index in [0.717, 1.165) is 26.1 Å². The molecule has 0 aromatic heterocycles. The molecule has 0 radical (unpaired) electrons. The summed E-state index contributed by atoms with van der Waals surface area (Å²) < 4.78 is 0. The Morgan fingerprint density at radius 2 is 2.12 bits per heavy atom. The monoisotopic (exact) mass is 240 g/mol. The highest BCUT2D eigenvalue weighted by Crippen LogP contribution is 2.29. The molecule has 1 fully saturated rings. The molecule has 1 rings (SSSR count). The molecule has 100 valence electrons. The van der Waals surface area contributed by atoms with Gasteiger partial charge in [-0.05, 0) is 37.3 Å². The fourth-order valence-electron chi connectivity index (χ4n) is 2.21. The van der Waals surface area contributed by atoms with Crippen molar-refractivity contribution in [1.82, 2.24) is 10.2 Å². The highest BCUT2D eigenvalue weighted by molar-refractivity contribution is 5.76. The van der Waals surface area contributed by atoms with Gasteiger partial charge >= 0.3 is 0 Å². The van der Waals surface area contributed by atoms with Gasteiger partial charge in [0, 0.05) is 19.5 Å². The number of carbonyl (C=O) groups is 1. The van der Waals surface area contributed by atoms with Crippen molar-refractivity contribution >= 4 is 5.91 Å². The Labute approximate surface area is 106 Å². The maximum absolute atomic E-state index is 12.2. The minimum Gasteiger partial charge on any atom is -0.342 e. The summed E-state index contributed by atoms with van der Waals surface area (Å²) in [6.07, 6.45) is 1.84. The predicted molar refractivity (Wildman–Crippen MR) is 71.8 cm³/mol. The van der Waals surface area contributed by atoms with Crippen LogP contribution in [0.1, 0.15) is 40.5 Å². The molecular weight excluding hydrogens is 212 g/mol. The van der Waals surface area contributed by atoms with Crippen molar-refractivity contribution in [3.05, 3.63) is 0 Å². The summed E-state index contributed by atoms with van der Waals surface area (Å²) in [7, 11) is 1.98. The zero-order valence-electron chi connectivity index (χ0n) is 12.0. The van der Waals surface area contributed by atoms with Gasteiger partial charge in [-0.2, -0.15) is 0 Å². The van der Waals surface area contributed by atoms with E-state index in [2.05, 4.69) is 33.0 Å². The third-order valence-electron chi connectivity index (χ3n) is 4.09. The van der Waals surface area contributed by atoms with Crippen molar-refractivity contribution in [2.75, 3.05) is 26.7 Å². The van der Waals surface area contributed by atoms with Gasteiger partial charge in [0.2, 0.25) is 5.91 Å². The number of hydrogen-bond donors (Lipinski definition) is 1. The summed E-state index contributed by atoms with van der Waals surface area (Å²) in [5.74, 6) is 1.43. The smallest absolute Gasteiger partial charge is 0.222 e. The maximum atomic E-state index is 12.2. The SMILES string of the molecule is CNCC1CCN(C(=O)CC(C)C(C)(C)C)C1. The first kappa shape index (κ1) is 14.5. The van der Waals surface area contributed by atoms with E-state index in [1.54, 1.807) is 0 Å². The van der Waals surface area contributed by atoms with E-state index in [4.69, 9.17) is 0 Å². The number of amides is 1. The second-order valence-electron chi connectivity index (χ2n) is 6.52. The van der Waals surface area contributed by atoms with Crippen molar-refractivity contribution in [1.29, 1.82) is 0 Å². The number of hydrogen-bond acceptors (Lipinski definition) is 2. The van der Waals surface area contributed by atoms with Gasteiger partial charge < -0.3 is 10.2 Å². The van der Waals surface area contributed by atoms with Gasteiger partial charge in [-0.15, -0.1) is 0 Å². The average molecular weight is 240 g/mol. The van der Waals surface area contributed by atoms with E-state index in [1.807, 2.05) is 11.9 Å². The van der Waals surface area contributed by atoms with Crippen LogP contribution < -0.4 is 5.32 Å². The molecule has 0 bridgehead atoms. The van der Waals surface area contributed by atoms with E-state index in [9.17, 15) is 4.79 Å². The molecule has 2 unspecified atom stereocenters. The van der Waals surface area contributed by atoms with Crippen LogP contribution in [0.4, 0.5) is 0 Å². The van der Waals surface area contributed by atoms with E-state index >= 15 is 0 Å². The average Bonchev–Trinajstić information content (AvgIpc) is 2.65. The molecule has 1 aliphatic rings. The van der Waals surface area contributed by atoms with E-state index in [1.165, 1.54) is 0 Å². The van der Waals surface area contributed by atoms with Crippen LogP contribution in [-0.4, -0.2) is 37.5 Å². The van der Waals surface area contributed by atoms with Gasteiger partial charge in [0.05, 0.1) is 0 Å². The lowest BCUT2D eigenvalue weighted by Crippen LogP contribution is -2.33. The van der Waals surface area contributed by atoms with Crippen LogP contribution in [0.5, 0.6) is 0 Å². The number of rotatable bonds is 4. The molecule has 3 heteroatoms. The highest BCUT2D eigenvalue weighted by atomic mass is 16.2. The third-order valence-corrected chi connectivity index (χ3v) is 4.09. The van der Waals surface area contributed by atoms with Crippen molar-refractivity contribution in [3.8, 4) is 0 Å². The van der Waals surface area contributed by atoms with Crippen LogP contribution in [-0.2, 0) is 4.79 Å². The molecule has 1 aliphatic heterocycles. The summed E-state index contributed by atoms with van der Waals surface area (Å²) >= 11 is 0. The Kier molecular flexibility index (Phi) is 4.99.